The summed E-state index contributed by atoms with van der Waals surface area (Å²) in [5.74, 6) is 7.57. The number of nitrogens with zero attached hydrogens (tertiary/aromatic N) is 20. The molecule has 12 rings (SSSR count). The van der Waals surface area contributed by atoms with Gasteiger partial charge in [-0.3, -0.25) is 4.68 Å². The van der Waals surface area contributed by atoms with Crippen LogP contribution < -0.4 is 0 Å². The molecule has 8 heterocycles. The van der Waals surface area contributed by atoms with Gasteiger partial charge in [0.15, 0.2) is 17.5 Å². The van der Waals surface area contributed by atoms with Crippen LogP contribution in [0, 0.1) is 6.07 Å². The van der Waals surface area contributed by atoms with Crippen molar-refractivity contribution in [3.8, 4) is 68.3 Å². The van der Waals surface area contributed by atoms with Crippen LogP contribution in [0.5, 0.6) is 0 Å². The van der Waals surface area contributed by atoms with Crippen LogP contribution in [0.15, 0.2) is 177 Å². The SMILES string of the molecule is C.C.CC(C)(C)c1nc(-c2cc[c-]c(-n3cccn3)c2)nc(C(C)(C)C)n1.CC(C)(C)c1nc(-c2cccc(-n3cccn3)c2)nc(C(C)(C)C)n1.CC(C)(C)c1ncnc(-c2cccc(-n3cccn3)c2)n1.CC(C)(C)c1ncnc(-c2cccc(-n3cccn3)c2)n1.[Ir]. The molecule has 0 spiro atoms. The smallest absolute Gasteiger partial charge is 0.163 e. The minimum Gasteiger partial charge on any atom is -0.266 e. The molecule has 0 saturated carbocycles. The van der Waals surface area contributed by atoms with Gasteiger partial charge in [0.1, 0.15) is 53.4 Å². The molecule has 0 unspecified atom stereocenters. The Hall–Kier alpha value is -9.59. The average Bonchev–Trinajstić information content (AvgIpc) is 1.40. The van der Waals surface area contributed by atoms with E-state index in [1.165, 1.54) is 0 Å². The first-order chi connectivity index (χ1) is 43.4. The molecule has 20 nitrogen and oxygen atoms in total. The van der Waals surface area contributed by atoms with Crippen LogP contribution in [0.25, 0.3) is 68.3 Å². The van der Waals surface area contributed by atoms with Gasteiger partial charge < -0.3 is 0 Å². The fourth-order valence-corrected chi connectivity index (χ4v) is 8.71. The maximum Gasteiger partial charge on any atom is 0.163 e. The Balaban J connectivity index is 0.000000199. The van der Waals surface area contributed by atoms with E-state index < -0.39 is 0 Å². The normalized spacial score (nSPS) is 11.6. The van der Waals surface area contributed by atoms with Crippen molar-refractivity contribution in [1.82, 2.24) is 98.9 Å². The van der Waals surface area contributed by atoms with Gasteiger partial charge in [0.2, 0.25) is 0 Å². The number of hydrogen-bond acceptors (Lipinski definition) is 16. The topological polar surface area (TPSA) is 226 Å². The van der Waals surface area contributed by atoms with Crippen molar-refractivity contribution in [2.75, 3.05) is 0 Å². The van der Waals surface area contributed by atoms with E-state index in [0.29, 0.717) is 23.3 Å². The van der Waals surface area contributed by atoms with Crippen molar-refractivity contribution in [2.24, 2.45) is 0 Å². The fraction of sp³-hybridized carbons (Fsp3) is 0.351. The molecule has 0 aliphatic heterocycles. The second-order valence-corrected chi connectivity index (χ2v) is 28.3. The molecule has 1 radical (unpaired) electrons. The summed E-state index contributed by atoms with van der Waals surface area (Å²) < 4.78 is 7.24. The van der Waals surface area contributed by atoms with E-state index in [0.717, 1.165) is 79.9 Å². The molecule has 0 saturated heterocycles. The van der Waals surface area contributed by atoms with Crippen LogP contribution in [-0.4, -0.2) is 98.9 Å². The van der Waals surface area contributed by atoms with Crippen LogP contribution in [0.3, 0.4) is 0 Å². The van der Waals surface area contributed by atoms with Gasteiger partial charge >= 0.3 is 0 Å². The van der Waals surface area contributed by atoms with Crippen molar-refractivity contribution in [2.45, 2.75) is 172 Å². The quantitative estimate of drug-likeness (QED) is 0.129. The number of hydrogen-bond donors (Lipinski definition) is 0. The molecule has 497 valence electrons. The predicted molar refractivity (Wildman–Crippen MR) is 374 cm³/mol. The second-order valence-electron chi connectivity index (χ2n) is 28.3. The molecule has 0 fully saturated rings. The van der Waals surface area contributed by atoms with Crippen molar-refractivity contribution in [3.63, 3.8) is 0 Å². The maximum absolute atomic E-state index is 4.76. The maximum atomic E-state index is 4.76. The van der Waals surface area contributed by atoms with Crippen molar-refractivity contribution in [3.05, 3.63) is 219 Å². The summed E-state index contributed by atoms with van der Waals surface area (Å²) in [5, 5.41) is 17.0. The van der Waals surface area contributed by atoms with E-state index in [1.54, 1.807) is 42.1 Å². The largest absolute Gasteiger partial charge is 0.266 e. The molecule has 4 aromatic carbocycles. The Morgan fingerprint density at radius 2 is 0.579 bits per heavy atom. The number of rotatable bonds is 8. The van der Waals surface area contributed by atoms with E-state index in [9.17, 15) is 0 Å². The molecule has 0 aliphatic carbocycles. The third-order valence-corrected chi connectivity index (χ3v) is 13.9. The van der Waals surface area contributed by atoms with E-state index in [-0.39, 0.29) is 67.4 Å². The molecule has 0 amide bonds. The first-order valence-electron chi connectivity index (χ1n) is 30.6. The molecule has 0 bridgehead atoms. The minimum atomic E-state index is -0.149. The fourth-order valence-electron chi connectivity index (χ4n) is 8.71. The van der Waals surface area contributed by atoms with Gasteiger partial charge in [-0.05, 0) is 66.4 Å². The third-order valence-electron chi connectivity index (χ3n) is 13.9. The third kappa shape index (κ3) is 19.7. The Bertz CT molecular complexity index is 4000. The molecule has 0 aliphatic rings. The molecule has 12 aromatic rings. The van der Waals surface area contributed by atoms with Gasteiger partial charge in [0.05, 0.1) is 17.1 Å². The Labute approximate surface area is 574 Å². The zero-order chi connectivity index (χ0) is 66.2. The van der Waals surface area contributed by atoms with E-state index in [4.69, 9.17) is 29.9 Å². The first kappa shape index (κ1) is 74.4. The average molecular weight is 1450 g/mol. The number of benzene rings is 4. The molecular weight excluding hydrogens is 1360 g/mol. The van der Waals surface area contributed by atoms with Crippen molar-refractivity contribution >= 4 is 0 Å². The summed E-state index contributed by atoms with van der Waals surface area (Å²) in [7, 11) is 0. The summed E-state index contributed by atoms with van der Waals surface area (Å²) in [5.41, 5.74) is 6.83. The van der Waals surface area contributed by atoms with Crippen LogP contribution in [0.1, 0.15) is 174 Å². The molecule has 8 aromatic heterocycles. The summed E-state index contributed by atoms with van der Waals surface area (Å²) in [6.07, 6.45) is 17.8. The first-order valence-corrected chi connectivity index (χ1v) is 30.6. The predicted octanol–water partition coefficient (Wildman–Crippen LogP) is 15.8. The van der Waals surface area contributed by atoms with Gasteiger partial charge in [-0.1, -0.05) is 181 Å². The molecule has 0 atom stereocenters. The molecule has 0 N–H and O–H groups in total. The Morgan fingerprint density at radius 1 is 0.295 bits per heavy atom. The number of aromatic nitrogens is 20. The van der Waals surface area contributed by atoms with E-state index in [2.05, 4.69) is 187 Å². The van der Waals surface area contributed by atoms with Gasteiger partial charge in [-0.15, -0.1) is 6.07 Å². The monoisotopic (exact) mass is 1450 g/mol. The summed E-state index contributed by atoms with van der Waals surface area (Å²) in [6, 6.07) is 40.7. The van der Waals surface area contributed by atoms with Gasteiger partial charge in [0, 0.05) is 119 Å². The van der Waals surface area contributed by atoms with Crippen LogP contribution in [0.4, 0.5) is 0 Å². The van der Waals surface area contributed by atoms with Crippen LogP contribution in [-0.2, 0) is 52.6 Å². The van der Waals surface area contributed by atoms with Gasteiger partial charge in [-0.25, -0.2) is 73.9 Å². The van der Waals surface area contributed by atoms with Crippen LogP contribution in [0.2, 0.25) is 0 Å². The van der Waals surface area contributed by atoms with Crippen molar-refractivity contribution in [1.29, 1.82) is 0 Å². The minimum absolute atomic E-state index is 0. The van der Waals surface area contributed by atoms with Crippen LogP contribution >= 0.6 is 0 Å². The summed E-state index contributed by atoms with van der Waals surface area (Å²) >= 11 is 0. The van der Waals surface area contributed by atoms with Gasteiger partial charge in [0.25, 0.3) is 0 Å². The van der Waals surface area contributed by atoms with E-state index >= 15 is 0 Å². The molecular formula is C74H91IrN20-. The summed E-state index contributed by atoms with van der Waals surface area (Å²) in [4.78, 5) is 54.8. The Kier molecular flexibility index (Phi) is 24.0. The van der Waals surface area contributed by atoms with Crippen molar-refractivity contribution < 1.29 is 20.1 Å². The zero-order valence-electron chi connectivity index (χ0n) is 56.5. The summed E-state index contributed by atoms with van der Waals surface area (Å²) in [6.45, 7) is 38.0. The second kappa shape index (κ2) is 30.7. The molecule has 95 heavy (non-hydrogen) atoms. The standard InChI is InChI=1S/C20H25N5.C20H24N5.2C16H17N5.2CH4.Ir/c2*1-19(2,3)17-22-16(23-18(24-17)20(4,5)6)14-9-7-10-15(13-14)25-12-8-11-21-25;2*1-16(2,3)15-18-11-17-14(20-15)12-6-4-7-13(10-12)21-9-5-8-19-21;;;/h7-13H,1-6H3;7-9,11-13H,1-6H3;2*4-11H,1-3H3;2*1H4;/q;-1;;;;;. The van der Waals surface area contributed by atoms with E-state index in [1.807, 2.05) is 148 Å². The Morgan fingerprint density at radius 3 is 0.874 bits per heavy atom. The van der Waals surface area contributed by atoms with Gasteiger partial charge in [-0.2, -0.15) is 38.6 Å². The molecule has 21 heteroatoms. The zero-order valence-corrected chi connectivity index (χ0v) is 58.9.